The summed E-state index contributed by atoms with van der Waals surface area (Å²) in [5.41, 5.74) is 5.53. The number of ether oxygens (including phenoxy) is 2. The number of methoxy groups -OCH3 is 2. The van der Waals surface area contributed by atoms with Crippen LogP contribution in [0.4, 0.5) is 4.39 Å². The maximum atomic E-state index is 13.1. The van der Waals surface area contributed by atoms with E-state index >= 15 is 0 Å². The lowest BCUT2D eigenvalue weighted by molar-refractivity contribution is 0.0586. The van der Waals surface area contributed by atoms with Crippen molar-refractivity contribution in [1.29, 1.82) is 0 Å². The Hall–Kier alpha value is -4.38. The Morgan fingerprint density at radius 1 is 0.825 bits per heavy atom. The van der Waals surface area contributed by atoms with Gasteiger partial charge in [-0.15, -0.1) is 0 Å². The molecule has 12 heteroatoms. The number of nitrogens with zero attached hydrogens (tertiary/aromatic N) is 6. The molecule has 5 aromatic rings. The summed E-state index contributed by atoms with van der Waals surface area (Å²) in [6.45, 7) is 0. The Kier molecular flexibility index (Phi) is 6.67. The van der Waals surface area contributed by atoms with Gasteiger partial charge in [0.1, 0.15) is 11.0 Å². The van der Waals surface area contributed by atoms with Crippen LogP contribution in [0.25, 0.3) is 22.6 Å². The molecule has 2 aliphatic carbocycles. The van der Waals surface area contributed by atoms with E-state index < -0.39 is 11.9 Å². The molecule has 0 atom stereocenters. The SMILES string of the molecule is COC(=O)c1cn2nc(-c3ccc(F)cc3)cc(C3CC3)c2n1.COC(=O)c1cn2nc(Cl)cc(C3CC3)c2n1. The van der Waals surface area contributed by atoms with Crippen molar-refractivity contribution < 1.29 is 23.5 Å². The molecule has 0 amide bonds. The highest BCUT2D eigenvalue weighted by atomic mass is 35.5. The normalized spacial score (nSPS) is 14.6. The molecule has 0 saturated heterocycles. The second-order valence-electron chi connectivity index (χ2n) is 9.73. The predicted octanol–water partition coefficient (Wildman–Crippen LogP) is 5.25. The van der Waals surface area contributed by atoms with Crippen LogP contribution in [-0.2, 0) is 9.47 Å². The molecule has 40 heavy (non-hydrogen) atoms. The average molecular weight is 563 g/mol. The van der Waals surface area contributed by atoms with Crippen LogP contribution in [0.2, 0.25) is 5.15 Å². The smallest absolute Gasteiger partial charge is 0.358 e. The van der Waals surface area contributed by atoms with Crippen LogP contribution in [0.3, 0.4) is 0 Å². The number of hydrogen-bond donors (Lipinski definition) is 0. The van der Waals surface area contributed by atoms with Gasteiger partial charge in [-0.3, -0.25) is 0 Å². The van der Waals surface area contributed by atoms with Crippen LogP contribution >= 0.6 is 11.6 Å². The second kappa shape index (κ2) is 10.3. The molecule has 2 aliphatic rings. The van der Waals surface area contributed by atoms with E-state index in [-0.39, 0.29) is 17.2 Å². The Bertz CT molecular complexity index is 1760. The lowest BCUT2D eigenvalue weighted by Gasteiger charge is -2.06. The molecular weight excluding hydrogens is 539 g/mol. The molecule has 0 N–H and O–H groups in total. The fraction of sp³-hybridized carbons (Fsp3) is 0.286. The van der Waals surface area contributed by atoms with Crippen molar-refractivity contribution in [3.05, 3.63) is 82.3 Å². The maximum Gasteiger partial charge on any atom is 0.358 e. The number of benzene rings is 1. The molecule has 0 unspecified atom stereocenters. The fourth-order valence-corrected chi connectivity index (χ4v) is 4.73. The largest absolute Gasteiger partial charge is 0.464 e. The maximum absolute atomic E-state index is 13.1. The van der Waals surface area contributed by atoms with Gasteiger partial charge in [-0.05, 0) is 73.9 Å². The first kappa shape index (κ1) is 25.9. The van der Waals surface area contributed by atoms with Crippen molar-refractivity contribution in [2.75, 3.05) is 14.2 Å². The third-order valence-electron chi connectivity index (χ3n) is 6.84. The van der Waals surface area contributed by atoms with Crippen molar-refractivity contribution in [1.82, 2.24) is 29.2 Å². The summed E-state index contributed by atoms with van der Waals surface area (Å²) < 4.78 is 25.6. The van der Waals surface area contributed by atoms with Crippen molar-refractivity contribution >= 4 is 34.8 Å². The van der Waals surface area contributed by atoms with Gasteiger partial charge in [-0.25, -0.2) is 33.0 Å². The minimum atomic E-state index is -0.486. The molecule has 4 heterocycles. The standard InChI is InChI=1S/C17H14FN3O2.C11H10ClN3O2/c1-23-17(22)15-9-21-16(19-15)13(10-2-3-10)8-14(20-21)11-4-6-12(18)7-5-11;1-17-11(16)8-5-15-10(13-8)7(6-2-3-6)4-9(12)14-15/h4-10H,2-3H2,1H3;4-6H,2-3H2,1H3. The van der Waals surface area contributed by atoms with E-state index in [4.69, 9.17) is 16.3 Å². The summed E-state index contributed by atoms with van der Waals surface area (Å²) in [6.07, 6.45) is 7.58. The van der Waals surface area contributed by atoms with Gasteiger partial charge >= 0.3 is 11.9 Å². The summed E-state index contributed by atoms with van der Waals surface area (Å²) in [7, 11) is 2.65. The molecule has 10 nitrogen and oxygen atoms in total. The summed E-state index contributed by atoms with van der Waals surface area (Å²) >= 11 is 5.94. The number of rotatable bonds is 5. The zero-order chi connectivity index (χ0) is 28.0. The molecule has 7 rings (SSSR count). The lowest BCUT2D eigenvalue weighted by atomic mass is 10.1. The predicted molar refractivity (Wildman–Crippen MR) is 143 cm³/mol. The van der Waals surface area contributed by atoms with E-state index in [1.165, 1.54) is 26.4 Å². The lowest BCUT2D eigenvalue weighted by Crippen LogP contribution is -2.00. The van der Waals surface area contributed by atoms with Crippen LogP contribution in [0.5, 0.6) is 0 Å². The molecule has 4 aromatic heterocycles. The topological polar surface area (TPSA) is 113 Å². The molecule has 2 saturated carbocycles. The van der Waals surface area contributed by atoms with Crippen molar-refractivity contribution in [3.63, 3.8) is 0 Å². The highest BCUT2D eigenvalue weighted by Gasteiger charge is 2.29. The van der Waals surface area contributed by atoms with Crippen LogP contribution < -0.4 is 0 Å². The van der Waals surface area contributed by atoms with E-state index in [9.17, 15) is 14.0 Å². The number of imidazole rings is 2. The van der Waals surface area contributed by atoms with Crippen LogP contribution in [0.1, 0.15) is 69.6 Å². The summed E-state index contributed by atoms with van der Waals surface area (Å²) in [6, 6.07) is 10.0. The fourth-order valence-electron chi connectivity index (χ4n) is 4.53. The quantitative estimate of drug-likeness (QED) is 0.267. The first-order valence-corrected chi connectivity index (χ1v) is 13.1. The van der Waals surface area contributed by atoms with Crippen LogP contribution in [0.15, 0.2) is 48.8 Å². The monoisotopic (exact) mass is 562 g/mol. The van der Waals surface area contributed by atoms with Gasteiger partial charge in [0, 0.05) is 16.7 Å². The number of fused-ring (bicyclic) bond motifs is 2. The number of esters is 2. The van der Waals surface area contributed by atoms with E-state index in [2.05, 4.69) is 24.9 Å². The number of hydrogen-bond acceptors (Lipinski definition) is 8. The number of aromatic nitrogens is 6. The molecule has 0 bridgehead atoms. The first-order valence-electron chi connectivity index (χ1n) is 12.7. The van der Waals surface area contributed by atoms with Gasteiger partial charge in [0.15, 0.2) is 22.7 Å². The molecule has 2 fully saturated rings. The van der Waals surface area contributed by atoms with Gasteiger partial charge in [-0.1, -0.05) is 11.6 Å². The van der Waals surface area contributed by atoms with Crippen molar-refractivity contribution in [3.8, 4) is 11.3 Å². The van der Waals surface area contributed by atoms with Crippen LogP contribution in [-0.4, -0.2) is 55.4 Å². The molecule has 0 radical (unpaired) electrons. The number of carbonyl (C=O) groups excluding carboxylic acids is 2. The molecule has 204 valence electrons. The highest BCUT2D eigenvalue weighted by molar-refractivity contribution is 6.29. The third kappa shape index (κ3) is 5.12. The van der Waals surface area contributed by atoms with Gasteiger partial charge in [0.2, 0.25) is 0 Å². The van der Waals surface area contributed by atoms with Crippen LogP contribution in [0, 0.1) is 5.82 Å². The average Bonchev–Trinajstić information content (AvgIpc) is 3.90. The van der Waals surface area contributed by atoms with Gasteiger partial charge < -0.3 is 9.47 Å². The van der Waals surface area contributed by atoms with E-state index in [0.29, 0.717) is 28.3 Å². The highest BCUT2D eigenvalue weighted by Crippen LogP contribution is 2.43. The van der Waals surface area contributed by atoms with Gasteiger partial charge in [0.05, 0.1) is 32.3 Å². The molecule has 1 aromatic carbocycles. The first-order chi connectivity index (χ1) is 19.3. The zero-order valence-corrected chi connectivity index (χ0v) is 22.4. The minimum absolute atomic E-state index is 0.234. The summed E-state index contributed by atoms with van der Waals surface area (Å²) in [4.78, 5) is 31.7. The zero-order valence-electron chi connectivity index (χ0n) is 21.7. The summed E-state index contributed by atoms with van der Waals surface area (Å²) in [5.74, 6) is -0.305. The number of halogens is 2. The number of carbonyl (C=O) groups is 2. The summed E-state index contributed by atoms with van der Waals surface area (Å²) in [5, 5.41) is 9.01. The molecular formula is C28H24ClFN6O4. The Morgan fingerprint density at radius 3 is 1.82 bits per heavy atom. The molecule has 0 spiro atoms. The van der Waals surface area contributed by atoms with Gasteiger partial charge in [0.25, 0.3) is 0 Å². The molecule has 0 aliphatic heterocycles. The van der Waals surface area contributed by atoms with Crippen molar-refractivity contribution in [2.45, 2.75) is 37.5 Å². The third-order valence-corrected chi connectivity index (χ3v) is 7.03. The Labute approximate surface area is 232 Å². The Balaban J connectivity index is 0.000000151. The van der Waals surface area contributed by atoms with E-state index in [0.717, 1.165) is 48.1 Å². The van der Waals surface area contributed by atoms with E-state index in [1.807, 2.05) is 12.1 Å². The van der Waals surface area contributed by atoms with E-state index in [1.54, 1.807) is 33.6 Å². The Morgan fingerprint density at radius 2 is 1.32 bits per heavy atom. The van der Waals surface area contributed by atoms with Gasteiger partial charge in [-0.2, -0.15) is 10.2 Å². The second-order valence-corrected chi connectivity index (χ2v) is 10.1. The van der Waals surface area contributed by atoms with Crippen molar-refractivity contribution in [2.24, 2.45) is 0 Å². The minimum Gasteiger partial charge on any atom is -0.464 e.